The second-order valence-electron chi connectivity index (χ2n) is 7.42. The minimum Gasteiger partial charge on any atom is -0.305 e. The summed E-state index contributed by atoms with van der Waals surface area (Å²) in [5, 5.41) is 1.26. The van der Waals surface area contributed by atoms with Crippen molar-refractivity contribution in [1.82, 2.24) is 14.9 Å². The molecule has 2 aliphatic rings. The third-order valence-corrected chi connectivity index (χ3v) is 7.84. The third kappa shape index (κ3) is 3.36. The van der Waals surface area contributed by atoms with E-state index >= 15 is 0 Å². The van der Waals surface area contributed by atoms with E-state index in [0.717, 1.165) is 62.3 Å². The summed E-state index contributed by atoms with van der Waals surface area (Å²) in [4.78, 5) is 28.7. The minimum absolute atomic E-state index is 0.00613. The van der Waals surface area contributed by atoms with Crippen LogP contribution in [0.15, 0.2) is 38.5 Å². The molecule has 144 valence electrons. The van der Waals surface area contributed by atoms with Gasteiger partial charge in [-0.3, -0.25) is 14.7 Å². The number of halogens is 1. The third-order valence-electron chi connectivity index (χ3n) is 5.51. The molecule has 2 aromatic heterocycles. The predicted molar refractivity (Wildman–Crippen MR) is 117 cm³/mol. The number of benzene rings is 1. The quantitative estimate of drug-likeness (QED) is 0.639. The highest BCUT2D eigenvalue weighted by atomic mass is 79.9. The molecule has 0 saturated heterocycles. The Balaban J connectivity index is 1.40. The summed E-state index contributed by atoms with van der Waals surface area (Å²) in [5.74, 6) is 0.684. The van der Waals surface area contributed by atoms with E-state index in [2.05, 4.69) is 55.1 Å². The van der Waals surface area contributed by atoms with Crippen molar-refractivity contribution < 1.29 is 0 Å². The molecule has 0 fully saturated rings. The Labute approximate surface area is 175 Å². The van der Waals surface area contributed by atoms with Gasteiger partial charge in [-0.25, -0.2) is 4.98 Å². The number of aliphatic imine (C=N–C) groups is 1. The topological polar surface area (TPSA) is 61.4 Å². The van der Waals surface area contributed by atoms with E-state index in [4.69, 9.17) is 4.98 Å². The summed E-state index contributed by atoms with van der Waals surface area (Å²) >= 11 is 5.59. The highest BCUT2D eigenvalue weighted by Gasteiger charge is 2.24. The first-order valence-electron chi connectivity index (χ1n) is 9.73. The van der Waals surface area contributed by atoms with Crippen molar-refractivity contribution in [3.63, 3.8) is 0 Å². The van der Waals surface area contributed by atoms with Gasteiger partial charge in [0.2, 0.25) is 0 Å². The lowest BCUT2D eigenvalue weighted by Gasteiger charge is -2.27. The molecule has 3 aromatic rings. The number of nitrogens with zero attached hydrogens (tertiary/aromatic N) is 3. The monoisotopic (exact) mass is 456 g/mol. The minimum atomic E-state index is -0.00613. The Morgan fingerprint density at radius 1 is 1.21 bits per heavy atom. The Bertz CT molecular complexity index is 1130. The second-order valence-corrected chi connectivity index (χ2v) is 9.35. The van der Waals surface area contributed by atoms with Crippen molar-refractivity contribution >= 4 is 43.1 Å². The fourth-order valence-electron chi connectivity index (χ4n) is 4.01. The summed E-state index contributed by atoms with van der Waals surface area (Å²) in [6.07, 6.45) is 3.97. The van der Waals surface area contributed by atoms with Crippen molar-refractivity contribution in [2.45, 2.75) is 38.8 Å². The Morgan fingerprint density at radius 3 is 2.93 bits per heavy atom. The van der Waals surface area contributed by atoms with Crippen LogP contribution in [-0.2, 0) is 19.5 Å². The van der Waals surface area contributed by atoms with Crippen molar-refractivity contribution in [2.75, 3.05) is 13.1 Å². The molecular formula is C21H21BrN4OS. The summed E-state index contributed by atoms with van der Waals surface area (Å²) < 4.78 is 2.47. The molecule has 0 radical (unpaired) electrons. The molecular weight excluding hydrogens is 436 g/mol. The lowest BCUT2D eigenvalue weighted by atomic mass is 10.1. The molecule has 1 aromatic carbocycles. The van der Waals surface area contributed by atoms with E-state index in [1.807, 2.05) is 11.3 Å². The maximum Gasteiger partial charge on any atom is 0.255 e. The fraction of sp³-hybridized carbons (Fsp3) is 0.381. The maximum atomic E-state index is 12.7. The van der Waals surface area contributed by atoms with Crippen LogP contribution in [0.4, 0.5) is 0 Å². The zero-order valence-electron chi connectivity index (χ0n) is 15.5. The molecule has 1 N–H and O–H groups in total. The number of H-pyrrole nitrogens is 1. The summed E-state index contributed by atoms with van der Waals surface area (Å²) in [5.41, 5.74) is 2.71. The average molecular weight is 457 g/mol. The van der Waals surface area contributed by atoms with Crippen LogP contribution in [0.2, 0.25) is 0 Å². The smallest absolute Gasteiger partial charge is 0.255 e. The SMILES string of the molecule is O=c1[nH]c(C2=NCCCC2)nc2c1CN(Cc1sc3ccccc3c1Br)CC2. The summed E-state index contributed by atoms with van der Waals surface area (Å²) in [6.45, 7) is 3.24. The van der Waals surface area contributed by atoms with E-state index in [1.54, 1.807) is 0 Å². The standard InChI is InChI=1S/C21H21BrN4OS/c22-19-13-5-1-2-7-17(13)28-18(19)12-26-10-8-15-14(11-26)21(27)25-20(24-15)16-6-3-4-9-23-16/h1-2,5,7H,3-4,6,8-12H2,(H,24,25,27). The molecule has 28 heavy (non-hydrogen) atoms. The van der Waals surface area contributed by atoms with Gasteiger partial charge in [-0.2, -0.15) is 0 Å². The van der Waals surface area contributed by atoms with Gasteiger partial charge in [-0.15, -0.1) is 11.3 Å². The number of nitrogens with one attached hydrogen (secondary N) is 1. The molecule has 0 unspecified atom stereocenters. The van der Waals surface area contributed by atoms with Gasteiger partial charge >= 0.3 is 0 Å². The van der Waals surface area contributed by atoms with Crippen LogP contribution in [0, 0.1) is 0 Å². The largest absolute Gasteiger partial charge is 0.305 e. The van der Waals surface area contributed by atoms with Crippen LogP contribution >= 0.6 is 27.3 Å². The zero-order chi connectivity index (χ0) is 19.1. The van der Waals surface area contributed by atoms with Crippen LogP contribution in [-0.4, -0.2) is 33.7 Å². The van der Waals surface area contributed by atoms with E-state index in [9.17, 15) is 4.79 Å². The van der Waals surface area contributed by atoms with Gasteiger partial charge < -0.3 is 4.98 Å². The van der Waals surface area contributed by atoms with E-state index in [-0.39, 0.29) is 5.56 Å². The van der Waals surface area contributed by atoms with Gasteiger partial charge in [0, 0.05) is 52.0 Å². The number of fused-ring (bicyclic) bond motifs is 2. The lowest BCUT2D eigenvalue weighted by molar-refractivity contribution is 0.243. The van der Waals surface area contributed by atoms with Gasteiger partial charge in [0.1, 0.15) is 0 Å². The van der Waals surface area contributed by atoms with E-state index in [0.29, 0.717) is 12.4 Å². The number of hydrogen-bond donors (Lipinski definition) is 1. The molecule has 0 bridgehead atoms. The van der Waals surface area contributed by atoms with E-state index < -0.39 is 0 Å². The molecule has 0 atom stereocenters. The molecule has 2 aliphatic heterocycles. The molecule has 0 amide bonds. The normalized spacial score (nSPS) is 17.5. The summed E-state index contributed by atoms with van der Waals surface area (Å²) in [7, 11) is 0. The zero-order valence-corrected chi connectivity index (χ0v) is 17.9. The van der Waals surface area contributed by atoms with Crippen molar-refractivity contribution in [1.29, 1.82) is 0 Å². The first-order chi connectivity index (χ1) is 13.7. The number of hydrogen-bond acceptors (Lipinski definition) is 5. The maximum absolute atomic E-state index is 12.7. The molecule has 0 spiro atoms. The van der Waals surface area contributed by atoms with E-state index in [1.165, 1.54) is 19.4 Å². The van der Waals surface area contributed by atoms with Gasteiger partial charge in [-0.1, -0.05) is 18.2 Å². The number of aromatic nitrogens is 2. The highest BCUT2D eigenvalue weighted by molar-refractivity contribution is 9.10. The second kappa shape index (κ2) is 7.54. The first kappa shape index (κ1) is 18.2. The Morgan fingerprint density at radius 2 is 2.11 bits per heavy atom. The number of aromatic amines is 1. The van der Waals surface area contributed by atoms with Crippen LogP contribution in [0.5, 0.6) is 0 Å². The van der Waals surface area contributed by atoms with Gasteiger partial charge in [0.15, 0.2) is 5.82 Å². The van der Waals surface area contributed by atoms with Crippen LogP contribution in [0.3, 0.4) is 0 Å². The fourth-order valence-corrected chi connectivity index (χ4v) is 6.00. The molecule has 4 heterocycles. The molecule has 0 saturated carbocycles. The van der Waals surface area contributed by atoms with Crippen molar-refractivity contribution in [3.8, 4) is 0 Å². The number of thiophene rings is 1. The van der Waals surface area contributed by atoms with Crippen molar-refractivity contribution in [3.05, 3.63) is 61.1 Å². The molecule has 0 aliphatic carbocycles. The highest BCUT2D eigenvalue weighted by Crippen LogP contribution is 2.36. The molecule has 5 rings (SSSR count). The van der Waals surface area contributed by atoms with Crippen LogP contribution < -0.4 is 5.56 Å². The summed E-state index contributed by atoms with van der Waals surface area (Å²) in [6, 6.07) is 8.45. The van der Waals surface area contributed by atoms with Gasteiger partial charge in [0.25, 0.3) is 5.56 Å². The first-order valence-corrected chi connectivity index (χ1v) is 11.3. The van der Waals surface area contributed by atoms with Crippen molar-refractivity contribution in [2.24, 2.45) is 4.99 Å². The predicted octanol–water partition coefficient (Wildman–Crippen LogP) is 4.28. The number of rotatable bonds is 3. The van der Waals surface area contributed by atoms with Crippen LogP contribution in [0.25, 0.3) is 10.1 Å². The van der Waals surface area contributed by atoms with Crippen LogP contribution in [0.1, 0.15) is 41.2 Å². The molecule has 5 nitrogen and oxygen atoms in total. The lowest BCUT2D eigenvalue weighted by Crippen LogP contribution is -2.36. The Kier molecular flexibility index (Phi) is 4.90. The average Bonchev–Trinajstić information content (AvgIpc) is 3.04. The molecule has 7 heteroatoms. The van der Waals surface area contributed by atoms with Gasteiger partial charge in [-0.05, 0) is 41.3 Å². The Hall–Kier alpha value is -1.83. The van der Waals surface area contributed by atoms with Gasteiger partial charge in [0.05, 0.1) is 17.0 Å².